The molecule has 0 unspecified atom stereocenters. The monoisotopic (exact) mass is 392 g/mol. The van der Waals surface area contributed by atoms with Gasteiger partial charge in [0.2, 0.25) is 0 Å². The number of benzene rings is 2. The fourth-order valence-electron chi connectivity index (χ4n) is 3.53. The highest BCUT2D eigenvalue weighted by Crippen LogP contribution is 2.30. The van der Waals surface area contributed by atoms with Crippen LogP contribution in [-0.4, -0.2) is 16.9 Å². The van der Waals surface area contributed by atoms with Crippen LogP contribution in [0.1, 0.15) is 25.0 Å². The van der Waals surface area contributed by atoms with E-state index in [0.717, 1.165) is 22.4 Å². The first-order valence-corrected chi connectivity index (χ1v) is 10.1. The van der Waals surface area contributed by atoms with Crippen LogP contribution in [0.15, 0.2) is 97.1 Å². The van der Waals surface area contributed by atoms with Crippen LogP contribution in [0.2, 0.25) is 0 Å². The Morgan fingerprint density at radius 2 is 1.43 bits per heavy atom. The summed E-state index contributed by atoms with van der Waals surface area (Å²) in [6.45, 7) is 4.03. The molecular formula is C27H24N2O. The molecule has 2 aromatic carbocycles. The van der Waals surface area contributed by atoms with Gasteiger partial charge in [-0.2, -0.15) is 0 Å². The van der Waals surface area contributed by atoms with E-state index in [1.54, 1.807) is 4.90 Å². The molecule has 0 N–H and O–H groups in total. The van der Waals surface area contributed by atoms with Crippen molar-refractivity contribution >= 4 is 23.4 Å². The quantitative estimate of drug-likeness (QED) is 0.301. The number of rotatable bonds is 5. The average molecular weight is 393 g/mol. The minimum atomic E-state index is -0.0627. The number of amides is 1. The zero-order valence-electron chi connectivity index (χ0n) is 17.2. The molecule has 0 saturated carbocycles. The van der Waals surface area contributed by atoms with E-state index in [9.17, 15) is 4.79 Å². The van der Waals surface area contributed by atoms with Crippen molar-refractivity contribution < 1.29 is 4.79 Å². The van der Waals surface area contributed by atoms with Gasteiger partial charge in [-0.3, -0.25) is 9.69 Å². The number of carbonyl (C=O) groups excluding carboxylic acids is 1. The van der Waals surface area contributed by atoms with E-state index in [1.807, 2.05) is 117 Å². The van der Waals surface area contributed by atoms with Crippen LogP contribution in [0.5, 0.6) is 0 Å². The van der Waals surface area contributed by atoms with E-state index < -0.39 is 0 Å². The largest absolute Gasteiger partial charge is 0.290 e. The van der Waals surface area contributed by atoms with Crippen LogP contribution in [0.4, 0.5) is 5.82 Å². The molecule has 3 heteroatoms. The van der Waals surface area contributed by atoms with Gasteiger partial charge >= 0.3 is 0 Å². The summed E-state index contributed by atoms with van der Waals surface area (Å²) < 4.78 is 0. The number of nitrogens with zero attached hydrogens (tertiary/aromatic N) is 2. The molecule has 3 nitrogen and oxygen atoms in total. The smallest absolute Gasteiger partial charge is 0.260 e. The standard InChI is InChI=1S/C27H24N2O/c1-20(2)29(26-19-23-16-10-5-11-17-25(23)28-26)27(30)24(22-14-8-4-9-15-22)18-21-12-6-3-7-13-21/h3-20H,1-2H3/b24-18-. The minimum absolute atomic E-state index is 0.0431. The van der Waals surface area contributed by atoms with Crippen molar-refractivity contribution in [2.75, 3.05) is 4.90 Å². The van der Waals surface area contributed by atoms with Crippen LogP contribution in [0.3, 0.4) is 0 Å². The zero-order chi connectivity index (χ0) is 20.9. The molecule has 148 valence electrons. The van der Waals surface area contributed by atoms with Crippen LogP contribution in [-0.2, 0) is 4.79 Å². The van der Waals surface area contributed by atoms with Crippen LogP contribution >= 0.6 is 0 Å². The highest BCUT2D eigenvalue weighted by Gasteiger charge is 2.26. The van der Waals surface area contributed by atoms with Crippen molar-refractivity contribution in [2.45, 2.75) is 19.9 Å². The Hall–Kier alpha value is -3.72. The maximum atomic E-state index is 13.8. The van der Waals surface area contributed by atoms with Crippen LogP contribution in [0, 0.1) is 0 Å². The van der Waals surface area contributed by atoms with E-state index in [0.29, 0.717) is 11.4 Å². The van der Waals surface area contributed by atoms with E-state index in [1.165, 1.54) is 0 Å². The maximum Gasteiger partial charge on any atom is 0.260 e. The Bertz CT molecular complexity index is 1100. The van der Waals surface area contributed by atoms with Crippen molar-refractivity contribution in [2.24, 2.45) is 0 Å². The second-order valence-corrected chi connectivity index (χ2v) is 7.47. The molecule has 2 aliphatic rings. The van der Waals surface area contributed by atoms with E-state index in [4.69, 9.17) is 4.98 Å². The maximum absolute atomic E-state index is 13.8. The molecule has 1 aliphatic heterocycles. The number of aromatic nitrogens is 1. The summed E-state index contributed by atoms with van der Waals surface area (Å²) in [4.78, 5) is 20.4. The molecule has 0 bridgehead atoms. The number of anilines is 1. The summed E-state index contributed by atoms with van der Waals surface area (Å²) in [5.41, 5.74) is 4.41. The third kappa shape index (κ3) is 4.15. The fraction of sp³-hybridized carbons (Fsp3) is 0.111. The number of carbonyl (C=O) groups is 1. The molecule has 0 fully saturated rings. The first-order valence-electron chi connectivity index (χ1n) is 10.1. The molecule has 0 atom stereocenters. The van der Waals surface area contributed by atoms with Crippen molar-refractivity contribution in [3.8, 4) is 11.3 Å². The Morgan fingerprint density at radius 3 is 2.10 bits per heavy atom. The summed E-state index contributed by atoms with van der Waals surface area (Å²) in [6.07, 6.45) is 1.95. The van der Waals surface area contributed by atoms with Crippen molar-refractivity contribution in [3.05, 3.63) is 108 Å². The fourth-order valence-corrected chi connectivity index (χ4v) is 3.53. The Kier molecular flexibility index (Phi) is 5.71. The van der Waals surface area contributed by atoms with Gasteiger partial charge in [-0.1, -0.05) is 84.9 Å². The second-order valence-electron chi connectivity index (χ2n) is 7.47. The highest BCUT2D eigenvalue weighted by molar-refractivity contribution is 6.30. The van der Waals surface area contributed by atoms with Gasteiger partial charge in [0.25, 0.3) is 5.91 Å². The Balaban J connectivity index is 1.82. The van der Waals surface area contributed by atoms with Gasteiger partial charge in [0.15, 0.2) is 0 Å². The van der Waals surface area contributed by atoms with E-state index >= 15 is 0 Å². The molecule has 4 rings (SSSR count). The second kappa shape index (κ2) is 8.75. The van der Waals surface area contributed by atoms with Gasteiger partial charge in [-0.05, 0) is 43.2 Å². The van der Waals surface area contributed by atoms with Crippen molar-refractivity contribution in [1.82, 2.24) is 4.98 Å². The van der Waals surface area contributed by atoms with Gasteiger partial charge in [-0.15, -0.1) is 0 Å². The third-order valence-electron chi connectivity index (χ3n) is 4.98. The molecule has 0 spiro atoms. The van der Waals surface area contributed by atoms with Gasteiger partial charge in [0.05, 0.1) is 5.69 Å². The normalized spacial score (nSPS) is 11.6. The minimum Gasteiger partial charge on any atom is -0.290 e. The topological polar surface area (TPSA) is 33.2 Å². The van der Waals surface area contributed by atoms with Gasteiger partial charge in [0.1, 0.15) is 5.82 Å². The first-order chi connectivity index (χ1) is 14.6. The van der Waals surface area contributed by atoms with Gasteiger partial charge in [-0.25, -0.2) is 4.98 Å². The van der Waals surface area contributed by atoms with Crippen molar-refractivity contribution in [1.29, 1.82) is 0 Å². The molecule has 30 heavy (non-hydrogen) atoms. The number of hydrogen-bond donors (Lipinski definition) is 0. The van der Waals surface area contributed by atoms with Gasteiger partial charge < -0.3 is 0 Å². The molecule has 0 saturated heterocycles. The summed E-state index contributed by atoms with van der Waals surface area (Å²) in [7, 11) is 0. The summed E-state index contributed by atoms with van der Waals surface area (Å²) in [5.74, 6) is 0.610. The third-order valence-corrected chi connectivity index (χ3v) is 4.98. The summed E-state index contributed by atoms with van der Waals surface area (Å²) >= 11 is 0. The molecule has 1 heterocycles. The first kappa shape index (κ1) is 19.6. The lowest BCUT2D eigenvalue weighted by atomic mass is 10.0. The molecule has 0 aromatic heterocycles. The van der Waals surface area contributed by atoms with Crippen molar-refractivity contribution in [3.63, 3.8) is 0 Å². The van der Waals surface area contributed by atoms with Crippen LogP contribution in [0.25, 0.3) is 22.9 Å². The SMILES string of the molecule is CC(C)N(C(=O)/C(=C\c1ccccc1)c1ccccc1)c1cc2cccccc-2n1. The van der Waals surface area contributed by atoms with E-state index in [-0.39, 0.29) is 11.9 Å². The molecule has 1 aliphatic carbocycles. The molecular weight excluding hydrogens is 368 g/mol. The molecule has 2 aromatic rings. The Morgan fingerprint density at radius 1 is 0.833 bits per heavy atom. The summed E-state index contributed by atoms with van der Waals surface area (Å²) in [6, 6.07) is 31.6. The number of fused-ring (bicyclic) bond motifs is 1. The predicted octanol–water partition coefficient (Wildman–Crippen LogP) is 6.17. The lowest BCUT2D eigenvalue weighted by Crippen LogP contribution is -2.37. The highest BCUT2D eigenvalue weighted by atomic mass is 16.2. The predicted molar refractivity (Wildman–Crippen MR) is 124 cm³/mol. The Labute approximate surface area is 177 Å². The molecule has 0 radical (unpaired) electrons. The lowest BCUT2D eigenvalue weighted by molar-refractivity contribution is -0.113. The van der Waals surface area contributed by atoms with E-state index in [2.05, 4.69) is 0 Å². The van der Waals surface area contributed by atoms with Crippen LogP contribution < -0.4 is 4.90 Å². The summed E-state index contributed by atoms with van der Waals surface area (Å²) in [5, 5.41) is 0. The zero-order valence-corrected chi connectivity index (χ0v) is 17.2. The average Bonchev–Trinajstić information content (AvgIpc) is 3.02. The lowest BCUT2D eigenvalue weighted by Gasteiger charge is -2.26. The van der Waals surface area contributed by atoms with Gasteiger partial charge in [0, 0.05) is 17.2 Å². The number of hydrogen-bond acceptors (Lipinski definition) is 2. The molecule has 1 amide bonds.